The molecular formula is C24H28N4O3S. The largest absolute Gasteiger partial charge is 0.497 e. The summed E-state index contributed by atoms with van der Waals surface area (Å²) in [5, 5.41) is 12.2. The van der Waals surface area contributed by atoms with Crippen molar-refractivity contribution in [3.05, 3.63) is 72.1 Å². The smallest absolute Gasteiger partial charge is 0.232 e. The Balaban J connectivity index is 1.55. The van der Waals surface area contributed by atoms with Crippen LogP contribution in [0.5, 0.6) is 11.5 Å². The van der Waals surface area contributed by atoms with Gasteiger partial charge in [0.2, 0.25) is 5.91 Å². The Hall–Kier alpha value is -3.26. The number of aromatic nitrogens is 3. The number of aryl methyl sites for hydroxylation is 2. The number of methoxy groups -OCH3 is 1. The second-order valence-corrected chi connectivity index (χ2v) is 8.26. The summed E-state index contributed by atoms with van der Waals surface area (Å²) in [6, 6.07) is 13.3. The number of thioether (sulfide) groups is 1. The standard InChI is InChI=1S/C24H28N4O3S/c1-5-12-28-22(16-23(29)25-19-7-6-17(2)18(3)15-19)26-27-24(28)32-14-13-31-21-10-8-20(30-4)9-11-21/h5-11,15H,1,12-14,16H2,2-4H3,(H,25,29). The molecule has 1 amide bonds. The van der Waals surface area contributed by atoms with Crippen LogP contribution in [0, 0.1) is 13.8 Å². The van der Waals surface area contributed by atoms with Crippen LogP contribution in [0.2, 0.25) is 0 Å². The molecule has 32 heavy (non-hydrogen) atoms. The Kier molecular flexibility index (Phi) is 8.33. The maximum atomic E-state index is 12.6. The monoisotopic (exact) mass is 452 g/mol. The summed E-state index contributed by atoms with van der Waals surface area (Å²) in [7, 11) is 1.63. The van der Waals surface area contributed by atoms with Crippen LogP contribution in [0.15, 0.2) is 60.3 Å². The number of benzene rings is 2. The van der Waals surface area contributed by atoms with Crippen LogP contribution in [0.25, 0.3) is 0 Å². The van der Waals surface area contributed by atoms with Crippen LogP contribution in [0.3, 0.4) is 0 Å². The van der Waals surface area contributed by atoms with Crippen LogP contribution in [0.4, 0.5) is 5.69 Å². The van der Waals surface area contributed by atoms with Gasteiger partial charge in [-0.25, -0.2) is 0 Å². The molecule has 8 heteroatoms. The summed E-state index contributed by atoms with van der Waals surface area (Å²) in [5.74, 6) is 2.73. The van der Waals surface area contributed by atoms with Crippen LogP contribution in [0.1, 0.15) is 17.0 Å². The van der Waals surface area contributed by atoms with E-state index in [0.717, 1.165) is 27.9 Å². The average Bonchev–Trinajstić information content (AvgIpc) is 3.15. The zero-order chi connectivity index (χ0) is 22.9. The lowest BCUT2D eigenvalue weighted by atomic mass is 10.1. The Morgan fingerprint density at radius 2 is 1.88 bits per heavy atom. The van der Waals surface area contributed by atoms with Gasteiger partial charge in [-0.1, -0.05) is 23.9 Å². The first kappa shape index (κ1) is 23.4. The fourth-order valence-corrected chi connectivity index (χ4v) is 3.78. The molecule has 0 aliphatic rings. The summed E-state index contributed by atoms with van der Waals surface area (Å²) < 4.78 is 12.8. The number of ether oxygens (including phenoxy) is 2. The van der Waals surface area contributed by atoms with Gasteiger partial charge in [-0.3, -0.25) is 4.79 Å². The molecule has 3 aromatic rings. The zero-order valence-electron chi connectivity index (χ0n) is 18.6. The molecule has 0 radical (unpaired) electrons. The number of hydrogen-bond acceptors (Lipinski definition) is 6. The highest BCUT2D eigenvalue weighted by Gasteiger charge is 2.15. The Morgan fingerprint density at radius 3 is 2.56 bits per heavy atom. The maximum Gasteiger partial charge on any atom is 0.232 e. The van der Waals surface area contributed by atoms with Crippen molar-refractivity contribution in [2.24, 2.45) is 0 Å². The zero-order valence-corrected chi connectivity index (χ0v) is 19.4. The number of nitrogens with zero attached hydrogens (tertiary/aromatic N) is 3. The van der Waals surface area contributed by atoms with Crippen LogP contribution in [-0.2, 0) is 17.8 Å². The van der Waals surface area contributed by atoms with Gasteiger partial charge in [0.15, 0.2) is 5.16 Å². The van der Waals surface area contributed by atoms with Crippen molar-refractivity contribution in [2.45, 2.75) is 32.0 Å². The molecular weight excluding hydrogens is 424 g/mol. The van der Waals surface area contributed by atoms with Gasteiger partial charge in [-0.2, -0.15) is 0 Å². The lowest BCUT2D eigenvalue weighted by molar-refractivity contribution is -0.115. The molecule has 0 bridgehead atoms. The lowest BCUT2D eigenvalue weighted by Crippen LogP contribution is -2.18. The summed E-state index contributed by atoms with van der Waals surface area (Å²) in [6.45, 7) is 8.92. The van der Waals surface area contributed by atoms with Gasteiger partial charge in [0.25, 0.3) is 0 Å². The van der Waals surface area contributed by atoms with Gasteiger partial charge in [-0.15, -0.1) is 16.8 Å². The van der Waals surface area contributed by atoms with E-state index in [-0.39, 0.29) is 12.3 Å². The van der Waals surface area contributed by atoms with Crippen molar-refractivity contribution in [2.75, 3.05) is 24.8 Å². The first-order chi connectivity index (χ1) is 15.5. The number of carbonyl (C=O) groups excluding carboxylic acids is 1. The number of anilines is 1. The van der Waals surface area contributed by atoms with Gasteiger partial charge in [0.1, 0.15) is 17.3 Å². The number of allylic oxidation sites excluding steroid dienone is 1. The highest BCUT2D eigenvalue weighted by atomic mass is 32.2. The molecule has 1 aromatic heterocycles. The quantitative estimate of drug-likeness (QED) is 0.263. The molecule has 0 saturated carbocycles. The molecule has 3 rings (SSSR count). The third-order valence-corrected chi connectivity index (χ3v) is 5.79. The fourth-order valence-electron chi connectivity index (χ4n) is 3.00. The second kappa shape index (κ2) is 11.4. The molecule has 0 unspecified atom stereocenters. The van der Waals surface area contributed by atoms with Gasteiger partial charge >= 0.3 is 0 Å². The minimum absolute atomic E-state index is 0.134. The Morgan fingerprint density at radius 1 is 1.12 bits per heavy atom. The van der Waals surface area contributed by atoms with E-state index in [1.807, 2.05) is 60.9 Å². The molecule has 2 aromatic carbocycles. The normalized spacial score (nSPS) is 10.6. The second-order valence-electron chi connectivity index (χ2n) is 7.19. The number of nitrogens with one attached hydrogen (secondary N) is 1. The van der Waals surface area contributed by atoms with E-state index in [0.29, 0.717) is 24.7 Å². The van der Waals surface area contributed by atoms with E-state index >= 15 is 0 Å². The third-order valence-electron chi connectivity index (χ3n) is 4.86. The fraction of sp³-hybridized carbons (Fsp3) is 0.292. The number of rotatable bonds is 11. The minimum atomic E-state index is -0.134. The van der Waals surface area contributed by atoms with Crippen LogP contribution in [-0.4, -0.2) is 40.1 Å². The van der Waals surface area contributed by atoms with Crippen molar-refractivity contribution in [3.8, 4) is 11.5 Å². The molecule has 0 aliphatic heterocycles. The number of hydrogen-bond donors (Lipinski definition) is 1. The van der Waals surface area contributed by atoms with Crippen molar-refractivity contribution >= 4 is 23.4 Å². The first-order valence-electron chi connectivity index (χ1n) is 10.3. The molecule has 168 valence electrons. The predicted octanol–water partition coefficient (Wildman–Crippen LogP) is 4.44. The lowest BCUT2D eigenvalue weighted by Gasteiger charge is -2.10. The molecule has 7 nitrogen and oxygen atoms in total. The van der Waals surface area contributed by atoms with Crippen LogP contribution < -0.4 is 14.8 Å². The average molecular weight is 453 g/mol. The summed E-state index contributed by atoms with van der Waals surface area (Å²) in [6.07, 6.45) is 1.91. The van der Waals surface area contributed by atoms with E-state index in [1.165, 1.54) is 17.3 Å². The first-order valence-corrected chi connectivity index (χ1v) is 11.3. The minimum Gasteiger partial charge on any atom is -0.497 e. The highest BCUT2D eigenvalue weighted by Crippen LogP contribution is 2.20. The topological polar surface area (TPSA) is 78.3 Å². The molecule has 0 fully saturated rings. The number of carbonyl (C=O) groups is 1. The predicted molar refractivity (Wildman–Crippen MR) is 128 cm³/mol. The number of amides is 1. The molecule has 0 spiro atoms. The van der Waals surface area contributed by atoms with Gasteiger partial charge in [0, 0.05) is 18.0 Å². The van der Waals surface area contributed by atoms with E-state index < -0.39 is 0 Å². The Bertz CT molecular complexity index is 1060. The van der Waals surface area contributed by atoms with Crippen molar-refractivity contribution < 1.29 is 14.3 Å². The summed E-state index contributed by atoms with van der Waals surface area (Å²) >= 11 is 1.53. The molecule has 0 aliphatic carbocycles. The molecule has 0 saturated heterocycles. The molecule has 0 atom stereocenters. The van der Waals surface area contributed by atoms with Crippen LogP contribution >= 0.6 is 11.8 Å². The molecule has 1 heterocycles. The van der Waals surface area contributed by atoms with Crippen molar-refractivity contribution in [1.29, 1.82) is 0 Å². The van der Waals surface area contributed by atoms with Gasteiger partial charge < -0.3 is 19.4 Å². The third kappa shape index (κ3) is 6.37. The summed E-state index contributed by atoms with van der Waals surface area (Å²) in [4.78, 5) is 12.6. The van der Waals surface area contributed by atoms with E-state index in [2.05, 4.69) is 22.1 Å². The highest BCUT2D eigenvalue weighted by molar-refractivity contribution is 7.99. The van der Waals surface area contributed by atoms with E-state index in [4.69, 9.17) is 9.47 Å². The summed E-state index contributed by atoms with van der Waals surface area (Å²) in [5.41, 5.74) is 3.10. The van der Waals surface area contributed by atoms with Crippen molar-refractivity contribution in [3.63, 3.8) is 0 Å². The van der Waals surface area contributed by atoms with Gasteiger partial charge in [-0.05, 0) is 61.4 Å². The SMILES string of the molecule is C=CCn1c(CC(=O)Nc2ccc(C)c(C)c2)nnc1SCCOc1ccc(OC)cc1. The van der Waals surface area contributed by atoms with Gasteiger partial charge in [0.05, 0.1) is 20.1 Å². The maximum absolute atomic E-state index is 12.6. The Labute approximate surface area is 192 Å². The molecule has 1 N–H and O–H groups in total. The van der Waals surface area contributed by atoms with Crippen molar-refractivity contribution in [1.82, 2.24) is 14.8 Å². The van der Waals surface area contributed by atoms with E-state index in [1.54, 1.807) is 13.2 Å². The van der Waals surface area contributed by atoms with E-state index in [9.17, 15) is 4.79 Å².